The molecule has 90 valence electrons. The smallest absolute Gasteiger partial charge is 0.0198 e. The SMILES string of the molecule is CCCNC1CC(CC)CN(C(C)C)C1. The van der Waals surface area contributed by atoms with Crippen LogP contribution in [0.3, 0.4) is 0 Å². The summed E-state index contributed by atoms with van der Waals surface area (Å²) in [5.41, 5.74) is 0. The fourth-order valence-corrected chi connectivity index (χ4v) is 2.45. The zero-order valence-electron chi connectivity index (χ0n) is 10.9. The van der Waals surface area contributed by atoms with E-state index in [4.69, 9.17) is 0 Å². The lowest BCUT2D eigenvalue weighted by molar-refractivity contribution is 0.110. The van der Waals surface area contributed by atoms with Crippen molar-refractivity contribution in [1.82, 2.24) is 10.2 Å². The van der Waals surface area contributed by atoms with Crippen LogP contribution in [0.1, 0.15) is 47.0 Å². The normalized spacial score (nSPS) is 28.6. The third-order valence-electron chi connectivity index (χ3n) is 3.56. The Labute approximate surface area is 95.4 Å². The number of hydrogen-bond acceptors (Lipinski definition) is 2. The monoisotopic (exact) mass is 212 g/mol. The molecule has 1 aliphatic heterocycles. The molecule has 0 aromatic heterocycles. The maximum absolute atomic E-state index is 3.68. The predicted molar refractivity (Wildman–Crippen MR) is 67.2 cm³/mol. The van der Waals surface area contributed by atoms with Gasteiger partial charge in [0.25, 0.3) is 0 Å². The van der Waals surface area contributed by atoms with E-state index in [1.807, 2.05) is 0 Å². The molecule has 1 rings (SSSR count). The van der Waals surface area contributed by atoms with Crippen LogP contribution in [0.15, 0.2) is 0 Å². The summed E-state index contributed by atoms with van der Waals surface area (Å²) in [6.07, 6.45) is 3.95. The van der Waals surface area contributed by atoms with E-state index >= 15 is 0 Å². The molecule has 2 atom stereocenters. The van der Waals surface area contributed by atoms with Crippen LogP contribution in [0.2, 0.25) is 0 Å². The summed E-state index contributed by atoms with van der Waals surface area (Å²) in [5, 5.41) is 3.68. The molecule has 0 aliphatic carbocycles. The van der Waals surface area contributed by atoms with Crippen LogP contribution in [-0.4, -0.2) is 36.6 Å². The van der Waals surface area contributed by atoms with Crippen molar-refractivity contribution in [1.29, 1.82) is 0 Å². The van der Waals surface area contributed by atoms with Crippen molar-refractivity contribution >= 4 is 0 Å². The summed E-state index contributed by atoms with van der Waals surface area (Å²) >= 11 is 0. The van der Waals surface area contributed by atoms with E-state index in [-0.39, 0.29) is 0 Å². The molecule has 0 saturated carbocycles. The van der Waals surface area contributed by atoms with Crippen LogP contribution in [-0.2, 0) is 0 Å². The average molecular weight is 212 g/mol. The average Bonchev–Trinajstić information content (AvgIpc) is 2.25. The van der Waals surface area contributed by atoms with Gasteiger partial charge in [-0.25, -0.2) is 0 Å². The zero-order chi connectivity index (χ0) is 11.3. The highest BCUT2D eigenvalue weighted by Crippen LogP contribution is 2.21. The van der Waals surface area contributed by atoms with Crippen molar-refractivity contribution in [2.45, 2.75) is 59.0 Å². The van der Waals surface area contributed by atoms with E-state index in [2.05, 4.69) is 37.9 Å². The van der Waals surface area contributed by atoms with Gasteiger partial charge in [-0.15, -0.1) is 0 Å². The van der Waals surface area contributed by atoms with E-state index in [1.54, 1.807) is 0 Å². The maximum Gasteiger partial charge on any atom is 0.0198 e. The second kappa shape index (κ2) is 6.49. The van der Waals surface area contributed by atoms with Gasteiger partial charge in [-0.2, -0.15) is 0 Å². The first-order valence-electron chi connectivity index (χ1n) is 6.64. The summed E-state index contributed by atoms with van der Waals surface area (Å²) < 4.78 is 0. The lowest BCUT2D eigenvalue weighted by Gasteiger charge is -2.40. The molecule has 1 N–H and O–H groups in total. The summed E-state index contributed by atoms with van der Waals surface area (Å²) in [6.45, 7) is 12.9. The molecule has 1 fully saturated rings. The van der Waals surface area contributed by atoms with E-state index in [0.29, 0.717) is 6.04 Å². The van der Waals surface area contributed by atoms with Crippen LogP contribution < -0.4 is 5.32 Å². The first-order valence-corrected chi connectivity index (χ1v) is 6.64. The Kier molecular flexibility index (Phi) is 5.62. The Morgan fingerprint density at radius 3 is 2.53 bits per heavy atom. The van der Waals surface area contributed by atoms with Gasteiger partial charge < -0.3 is 5.32 Å². The van der Waals surface area contributed by atoms with Crippen LogP contribution in [0.25, 0.3) is 0 Å². The lowest BCUT2D eigenvalue weighted by atomic mass is 9.91. The number of nitrogens with one attached hydrogen (secondary N) is 1. The highest BCUT2D eigenvalue weighted by atomic mass is 15.2. The highest BCUT2D eigenvalue weighted by Gasteiger charge is 2.26. The number of nitrogens with zero attached hydrogens (tertiary/aromatic N) is 1. The topological polar surface area (TPSA) is 15.3 Å². The minimum Gasteiger partial charge on any atom is -0.313 e. The third kappa shape index (κ3) is 4.12. The van der Waals surface area contributed by atoms with Gasteiger partial charge in [0.2, 0.25) is 0 Å². The number of likely N-dealkylation sites (tertiary alicyclic amines) is 1. The first-order chi connectivity index (χ1) is 7.17. The van der Waals surface area contributed by atoms with E-state index < -0.39 is 0 Å². The van der Waals surface area contributed by atoms with Gasteiger partial charge in [-0.05, 0) is 39.2 Å². The Morgan fingerprint density at radius 2 is 2.00 bits per heavy atom. The Bertz CT molecular complexity index is 168. The molecule has 0 bridgehead atoms. The Balaban J connectivity index is 2.43. The number of rotatable bonds is 5. The molecule has 1 heterocycles. The molecule has 0 aromatic carbocycles. The zero-order valence-corrected chi connectivity index (χ0v) is 10.9. The van der Waals surface area contributed by atoms with Crippen LogP contribution >= 0.6 is 0 Å². The second-order valence-corrected chi connectivity index (χ2v) is 5.21. The number of piperidine rings is 1. The van der Waals surface area contributed by atoms with Crippen LogP contribution in [0, 0.1) is 5.92 Å². The summed E-state index contributed by atoms with van der Waals surface area (Å²) in [4.78, 5) is 2.63. The molecule has 1 saturated heterocycles. The number of hydrogen-bond donors (Lipinski definition) is 1. The van der Waals surface area contributed by atoms with Crippen molar-refractivity contribution in [2.75, 3.05) is 19.6 Å². The highest BCUT2D eigenvalue weighted by molar-refractivity contribution is 4.84. The summed E-state index contributed by atoms with van der Waals surface area (Å²) in [7, 11) is 0. The standard InChI is InChI=1S/C13H28N2/c1-5-7-14-13-8-12(6-2)9-15(10-13)11(3)4/h11-14H,5-10H2,1-4H3. The van der Waals surface area contributed by atoms with Crippen molar-refractivity contribution in [3.8, 4) is 0 Å². The van der Waals surface area contributed by atoms with Gasteiger partial charge >= 0.3 is 0 Å². The third-order valence-corrected chi connectivity index (χ3v) is 3.56. The quantitative estimate of drug-likeness (QED) is 0.753. The molecule has 2 heteroatoms. The molecule has 0 amide bonds. The first kappa shape index (κ1) is 13.0. The van der Waals surface area contributed by atoms with Gasteiger partial charge in [0.1, 0.15) is 0 Å². The largest absolute Gasteiger partial charge is 0.313 e. The van der Waals surface area contributed by atoms with E-state index in [9.17, 15) is 0 Å². The summed E-state index contributed by atoms with van der Waals surface area (Å²) in [5.74, 6) is 0.899. The maximum atomic E-state index is 3.68. The molecular weight excluding hydrogens is 184 g/mol. The predicted octanol–water partition coefficient (Wildman–Crippen LogP) is 2.49. The molecule has 2 nitrogen and oxygen atoms in total. The van der Waals surface area contributed by atoms with Crippen molar-refractivity contribution in [3.63, 3.8) is 0 Å². The van der Waals surface area contributed by atoms with Crippen molar-refractivity contribution < 1.29 is 0 Å². The minimum absolute atomic E-state index is 0.699. The van der Waals surface area contributed by atoms with Gasteiger partial charge in [0, 0.05) is 25.2 Å². The van der Waals surface area contributed by atoms with E-state index in [0.717, 1.165) is 12.0 Å². The fraction of sp³-hybridized carbons (Fsp3) is 1.00. The molecule has 0 aromatic rings. The van der Waals surface area contributed by atoms with Crippen LogP contribution in [0.5, 0.6) is 0 Å². The van der Waals surface area contributed by atoms with Crippen LogP contribution in [0.4, 0.5) is 0 Å². The second-order valence-electron chi connectivity index (χ2n) is 5.21. The van der Waals surface area contributed by atoms with Crippen molar-refractivity contribution in [2.24, 2.45) is 5.92 Å². The molecule has 0 spiro atoms. The molecule has 2 unspecified atom stereocenters. The minimum atomic E-state index is 0.699. The van der Waals surface area contributed by atoms with Gasteiger partial charge in [-0.1, -0.05) is 20.3 Å². The van der Waals surface area contributed by atoms with Gasteiger partial charge in [0.05, 0.1) is 0 Å². The van der Waals surface area contributed by atoms with Gasteiger partial charge in [-0.3, -0.25) is 4.90 Å². The van der Waals surface area contributed by atoms with Crippen molar-refractivity contribution in [3.05, 3.63) is 0 Å². The van der Waals surface area contributed by atoms with E-state index in [1.165, 1.54) is 38.9 Å². The lowest BCUT2D eigenvalue weighted by Crippen LogP contribution is -2.51. The Morgan fingerprint density at radius 1 is 1.27 bits per heavy atom. The molecular formula is C13H28N2. The molecule has 0 radical (unpaired) electrons. The molecule has 1 aliphatic rings. The summed E-state index contributed by atoms with van der Waals surface area (Å²) in [6, 6.07) is 1.43. The van der Waals surface area contributed by atoms with Gasteiger partial charge in [0.15, 0.2) is 0 Å². The Hall–Kier alpha value is -0.0800. The molecule has 15 heavy (non-hydrogen) atoms. The fourth-order valence-electron chi connectivity index (χ4n) is 2.45.